The molecule has 3 saturated heterocycles. The number of carbonyl (C=O) groups excluding carboxylic acids is 1. The van der Waals surface area contributed by atoms with Crippen molar-refractivity contribution in [1.82, 2.24) is 19.6 Å². The van der Waals surface area contributed by atoms with Crippen molar-refractivity contribution in [2.75, 3.05) is 37.6 Å². The number of aryl methyl sites for hydroxylation is 1. The number of hydrogen-bond donors (Lipinski definition) is 1. The van der Waals surface area contributed by atoms with E-state index < -0.39 is 5.97 Å². The molecule has 0 bridgehead atoms. The topological polar surface area (TPSA) is 81.9 Å². The average Bonchev–Trinajstić information content (AvgIpc) is 3.57. The van der Waals surface area contributed by atoms with Gasteiger partial charge in [0.25, 0.3) is 0 Å². The van der Waals surface area contributed by atoms with E-state index in [0.29, 0.717) is 13.1 Å². The van der Waals surface area contributed by atoms with Crippen LogP contribution in [-0.4, -0.2) is 74.9 Å². The van der Waals surface area contributed by atoms with Gasteiger partial charge in [0.2, 0.25) is 0 Å². The van der Waals surface area contributed by atoms with Gasteiger partial charge in [-0.15, -0.1) is 0 Å². The van der Waals surface area contributed by atoms with Crippen LogP contribution in [0.15, 0.2) is 30.5 Å². The van der Waals surface area contributed by atoms with Crippen molar-refractivity contribution >= 4 is 17.7 Å². The van der Waals surface area contributed by atoms with Gasteiger partial charge in [0, 0.05) is 50.1 Å². The number of hydrogen-bond acceptors (Lipinski definition) is 5. The zero-order chi connectivity index (χ0) is 23.0. The highest BCUT2D eigenvalue weighted by atomic mass is 16.4. The van der Waals surface area contributed by atoms with Gasteiger partial charge in [-0.3, -0.25) is 4.90 Å². The molecule has 3 aliphatic heterocycles. The van der Waals surface area contributed by atoms with Gasteiger partial charge in [0.15, 0.2) is 5.69 Å². The number of carboxylic acid groups (broad SMARTS) is 1. The zero-order valence-corrected chi connectivity index (χ0v) is 19.4. The molecule has 0 saturated carbocycles. The number of aromatic carboxylic acids is 1. The Kier molecular flexibility index (Phi) is 5.86. The van der Waals surface area contributed by atoms with Crippen LogP contribution < -0.4 is 4.90 Å². The summed E-state index contributed by atoms with van der Waals surface area (Å²) >= 11 is 0. The minimum Gasteiger partial charge on any atom is -0.476 e. The molecule has 3 aliphatic rings. The number of amides is 1. The van der Waals surface area contributed by atoms with E-state index in [1.807, 2.05) is 4.90 Å². The first kappa shape index (κ1) is 21.9. The molecule has 0 radical (unpaired) electrons. The van der Waals surface area contributed by atoms with Crippen molar-refractivity contribution < 1.29 is 14.7 Å². The van der Waals surface area contributed by atoms with Crippen LogP contribution in [0.25, 0.3) is 0 Å². The van der Waals surface area contributed by atoms with Crippen LogP contribution in [0.5, 0.6) is 0 Å². The standard InChI is InChI=1S/C25H33N5O3/c1-19-5-6-20(22(17-19)27-11-2-3-12-27)18-29-13-4-8-25(29)9-15-28(16-10-25)24(33)30-14-7-21(26-30)23(31)32/h5-7,14,17H,2-4,8-13,15-16,18H2,1H3,(H,31,32). The van der Waals surface area contributed by atoms with Crippen LogP contribution in [0.4, 0.5) is 10.5 Å². The van der Waals surface area contributed by atoms with Gasteiger partial charge in [0.1, 0.15) is 0 Å². The molecule has 1 aromatic carbocycles. The highest BCUT2D eigenvalue weighted by Crippen LogP contribution is 2.40. The van der Waals surface area contributed by atoms with E-state index in [2.05, 4.69) is 40.0 Å². The Balaban J connectivity index is 1.28. The van der Waals surface area contributed by atoms with Crippen LogP contribution in [0.2, 0.25) is 0 Å². The Labute approximate surface area is 194 Å². The lowest BCUT2D eigenvalue weighted by Gasteiger charge is -2.45. The van der Waals surface area contributed by atoms with Crippen LogP contribution >= 0.6 is 0 Å². The molecule has 2 aromatic rings. The first-order valence-corrected chi connectivity index (χ1v) is 12.1. The Bertz CT molecular complexity index is 1030. The number of rotatable bonds is 4. The van der Waals surface area contributed by atoms with E-state index in [1.54, 1.807) is 0 Å². The SMILES string of the molecule is Cc1ccc(CN2CCCC23CCN(C(=O)n2ccc(C(=O)O)n2)CC3)c(N2CCCC2)c1. The van der Waals surface area contributed by atoms with Crippen molar-refractivity contribution in [2.24, 2.45) is 0 Å². The van der Waals surface area contributed by atoms with Crippen LogP contribution in [0.1, 0.15) is 60.1 Å². The summed E-state index contributed by atoms with van der Waals surface area (Å²) in [6, 6.07) is 8.01. The summed E-state index contributed by atoms with van der Waals surface area (Å²) in [6.07, 6.45) is 8.23. The van der Waals surface area contributed by atoms with E-state index in [4.69, 9.17) is 5.11 Å². The van der Waals surface area contributed by atoms with E-state index in [1.165, 1.54) is 54.8 Å². The minimum atomic E-state index is -1.12. The lowest BCUT2D eigenvalue weighted by molar-refractivity contribution is 0.0585. The van der Waals surface area contributed by atoms with Crippen molar-refractivity contribution in [3.63, 3.8) is 0 Å². The fourth-order valence-electron chi connectivity index (χ4n) is 5.88. The van der Waals surface area contributed by atoms with E-state index >= 15 is 0 Å². The Hall–Kier alpha value is -2.87. The maximum atomic E-state index is 12.8. The Morgan fingerprint density at radius 1 is 1.00 bits per heavy atom. The number of carboxylic acids is 1. The van der Waals surface area contributed by atoms with Crippen molar-refractivity contribution in [3.05, 3.63) is 47.3 Å². The number of likely N-dealkylation sites (tertiary alicyclic amines) is 2. The van der Waals surface area contributed by atoms with Gasteiger partial charge in [-0.1, -0.05) is 12.1 Å². The van der Waals surface area contributed by atoms with Gasteiger partial charge >= 0.3 is 12.0 Å². The van der Waals surface area contributed by atoms with Crippen LogP contribution in [0, 0.1) is 6.92 Å². The number of nitrogens with zero attached hydrogens (tertiary/aromatic N) is 5. The normalized spacial score (nSPS) is 20.6. The summed E-state index contributed by atoms with van der Waals surface area (Å²) in [5.41, 5.74) is 4.16. The number of piperidine rings is 1. The molecule has 1 aromatic heterocycles. The number of aromatic nitrogens is 2. The molecule has 8 nitrogen and oxygen atoms in total. The molecule has 33 heavy (non-hydrogen) atoms. The largest absolute Gasteiger partial charge is 0.476 e. The quantitative estimate of drug-likeness (QED) is 0.765. The molecule has 3 fully saturated rings. The van der Waals surface area contributed by atoms with Crippen LogP contribution in [-0.2, 0) is 6.54 Å². The molecule has 0 unspecified atom stereocenters. The molecule has 0 aliphatic carbocycles. The van der Waals surface area contributed by atoms with Gasteiger partial charge < -0.3 is 14.9 Å². The molecule has 4 heterocycles. The molecular formula is C25H33N5O3. The van der Waals surface area contributed by atoms with E-state index in [9.17, 15) is 9.59 Å². The zero-order valence-electron chi connectivity index (χ0n) is 19.4. The van der Waals surface area contributed by atoms with E-state index in [-0.39, 0.29) is 17.3 Å². The molecular weight excluding hydrogens is 418 g/mol. The van der Waals surface area contributed by atoms with Crippen molar-refractivity contribution in [2.45, 2.75) is 57.5 Å². The molecule has 1 spiro atoms. The second-order valence-electron chi connectivity index (χ2n) is 9.80. The summed E-state index contributed by atoms with van der Waals surface area (Å²) < 4.78 is 1.16. The summed E-state index contributed by atoms with van der Waals surface area (Å²) in [5, 5.41) is 13.0. The maximum Gasteiger partial charge on any atom is 0.356 e. The number of anilines is 1. The average molecular weight is 452 g/mol. The van der Waals surface area contributed by atoms with Gasteiger partial charge in [-0.2, -0.15) is 9.78 Å². The summed E-state index contributed by atoms with van der Waals surface area (Å²) in [5.74, 6) is -1.12. The van der Waals surface area contributed by atoms with Gasteiger partial charge in [-0.05, 0) is 75.3 Å². The van der Waals surface area contributed by atoms with Crippen LogP contribution in [0.3, 0.4) is 0 Å². The Morgan fingerprint density at radius 3 is 2.45 bits per heavy atom. The molecule has 0 atom stereocenters. The molecule has 176 valence electrons. The summed E-state index contributed by atoms with van der Waals surface area (Å²) in [6.45, 7) is 7.87. The lowest BCUT2D eigenvalue weighted by Crippen LogP contribution is -2.53. The smallest absolute Gasteiger partial charge is 0.356 e. The summed E-state index contributed by atoms with van der Waals surface area (Å²) in [4.78, 5) is 30.9. The fourth-order valence-corrected chi connectivity index (χ4v) is 5.88. The third kappa shape index (κ3) is 4.24. The lowest BCUT2D eigenvalue weighted by atomic mass is 9.84. The predicted octanol–water partition coefficient (Wildman–Crippen LogP) is 3.59. The van der Waals surface area contributed by atoms with Crippen molar-refractivity contribution in [1.29, 1.82) is 0 Å². The first-order chi connectivity index (χ1) is 15.9. The second-order valence-corrected chi connectivity index (χ2v) is 9.80. The molecule has 1 N–H and O–H groups in total. The third-order valence-corrected chi connectivity index (χ3v) is 7.76. The Morgan fingerprint density at radius 2 is 1.76 bits per heavy atom. The predicted molar refractivity (Wildman–Crippen MR) is 126 cm³/mol. The maximum absolute atomic E-state index is 12.8. The molecule has 8 heteroatoms. The number of carbonyl (C=O) groups is 2. The number of benzene rings is 1. The third-order valence-electron chi connectivity index (χ3n) is 7.76. The second kappa shape index (κ2) is 8.82. The first-order valence-electron chi connectivity index (χ1n) is 12.1. The minimum absolute atomic E-state index is 0.106. The highest BCUT2D eigenvalue weighted by Gasteiger charge is 2.44. The monoisotopic (exact) mass is 451 g/mol. The van der Waals surface area contributed by atoms with Gasteiger partial charge in [0.05, 0.1) is 0 Å². The van der Waals surface area contributed by atoms with E-state index in [0.717, 1.165) is 43.7 Å². The summed E-state index contributed by atoms with van der Waals surface area (Å²) in [7, 11) is 0. The highest BCUT2D eigenvalue weighted by molar-refractivity contribution is 5.86. The fraction of sp³-hybridized carbons (Fsp3) is 0.560. The molecule has 1 amide bonds. The molecule has 5 rings (SSSR count). The van der Waals surface area contributed by atoms with Crippen molar-refractivity contribution in [3.8, 4) is 0 Å². The van der Waals surface area contributed by atoms with Gasteiger partial charge in [-0.25, -0.2) is 9.59 Å².